The van der Waals surface area contributed by atoms with E-state index in [4.69, 9.17) is 0 Å². The third kappa shape index (κ3) is 5.35. The molecule has 2 N–H and O–H groups in total. The van der Waals surface area contributed by atoms with Crippen molar-refractivity contribution in [1.82, 2.24) is 15.6 Å². The summed E-state index contributed by atoms with van der Waals surface area (Å²) < 4.78 is 0. The van der Waals surface area contributed by atoms with Crippen molar-refractivity contribution in [3.8, 4) is 11.3 Å². The predicted molar refractivity (Wildman–Crippen MR) is 111 cm³/mol. The number of hydrogen-bond donors (Lipinski definition) is 2. The molecule has 1 amide bonds. The molecule has 0 aliphatic heterocycles. The molecule has 8 nitrogen and oxygen atoms in total. The van der Waals surface area contributed by atoms with Gasteiger partial charge in [0.05, 0.1) is 16.8 Å². The Morgan fingerprint density at radius 2 is 2.00 bits per heavy atom. The number of aromatic amines is 1. The molecule has 0 unspecified atom stereocenters. The standard InChI is InChI=1S/C21H21N5O3/c1-14(2)10-15-6-8-17(9-7-15)19-12-20(24-23-19)21(27)25-22-13-16-4-3-5-18(11-16)26(28)29/h3-9,11-14H,10H2,1-2H3,(H,23,24)(H,25,27)/b22-13-. The number of non-ortho nitro benzene ring substituents is 1. The third-order valence-corrected chi connectivity index (χ3v) is 4.18. The van der Waals surface area contributed by atoms with Gasteiger partial charge in [0.15, 0.2) is 0 Å². The smallest absolute Gasteiger partial charge is 0.272 e. The van der Waals surface area contributed by atoms with E-state index < -0.39 is 10.8 Å². The van der Waals surface area contributed by atoms with Gasteiger partial charge in [0.1, 0.15) is 5.69 Å². The molecule has 2 aromatic carbocycles. The summed E-state index contributed by atoms with van der Waals surface area (Å²) in [6.45, 7) is 4.35. The number of nitro benzene ring substituents is 1. The Morgan fingerprint density at radius 3 is 2.69 bits per heavy atom. The van der Waals surface area contributed by atoms with E-state index in [-0.39, 0.29) is 11.4 Å². The first-order chi connectivity index (χ1) is 13.9. The molecule has 0 saturated heterocycles. The number of benzene rings is 2. The van der Waals surface area contributed by atoms with Crippen LogP contribution < -0.4 is 5.43 Å². The molecule has 0 fully saturated rings. The largest absolute Gasteiger partial charge is 0.289 e. The highest BCUT2D eigenvalue weighted by atomic mass is 16.6. The average Bonchev–Trinajstić information content (AvgIpc) is 3.18. The second-order valence-electron chi connectivity index (χ2n) is 7.01. The molecule has 3 aromatic rings. The van der Waals surface area contributed by atoms with E-state index >= 15 is 0 Å². The van der Waals surface area contributed by atoms with E-state index in [9.17, 15) is 14.9 Å². The van der Waals surface area contributed by atoms with Crippen molar-refractivity contribution >= 4 is 17.8 Å². The fourth-order valence-electron chi connectivity index (χ4n) is 2.81. The SMILES string of the molecule is CC(C)Cc1ccc(-c2cc(C(=O)N/N=C\c3cccc([N+](=O)[O-])c3)[nH]n2)cc1. The van der Waals surface area contributed by atoms with Crippen LogP contribution in [0.25, 0.3) is 11.3 Å². The van der Waals surface area contributed by atoms with Crippen LogP contribution in [0.3, 0.4) is 0 Å². The summed E-state index contributed by atoms with van der Waals surface area (Å²) in [6, 6.07) is 15.7. The van der Waals surface area contributed by atoms with Gasteiger partial charge in [-0.05, 0) is 24.0 Å². The number of H-pyrrole nitrogens is 1. The molecular weight excluding hydrogens is 370 g/mol. The van der Waals surface area contributed by atoms with Gasteiger partial charge in [-0.2, -0.15) is 10.2 Å². The number of rotatable bonds is 7. The number of carbonyl (C=O) groups is 1. The number of carbonyl (C=O) groups excluding carboxylic acids is 1. The topological polar surface area (TPSA) is 113 Å². The van der Waals surface area contributed by atoms with Crippen LogP contribution in [-0.4, -0.2) is 27.2 Å². The molecule has 0 aliphatic rings. The van der Waals surface area contributed by atoms with Crippen LogP contribution in [0.1, 0.15) is 35.5 Å². The monoisotopic (exact) mass is 391 g/mol. The van der Waals surface area contributed by atoms with E-state index in [2.05, 4.69) is 46.7 Å². The van der Waals surface area contributed by atoms with Crippen LogP contribution in [0, 0.1) is 16.0 Å². The first kappa shape index (κ1) is 19.9. The zero-order valence-electron chi connectivity index (χ0n) is 16.1. The summed E-state index contributed by atoms with van der Waals surface area (Å²) in [5.74, 6) is 0.131. The highest BCUT2D eigenvalue weighted by Gasteiger charge is 2.11. The van der Waals surface area contributed by atoms with Gasteiger partial charge in [-0.3, -0.25) is 20.0 Å². The lowest BCUT2D eigenvalue weighted by atomic mass is 10.0. The van der Waals surface area contributed by atoms with Crippen molar-refractivity contribution in [3.63, 3.8) is 0 Å². The minimum atomic E-state index is -0.489. The van der Waals surface area contributed by atoms with E-state index in [1.807, 2.05) is 12.1 Å². The molecule has 0 spiro atoms. The fraction of sp³-hybridized carbons (Fsp3) is 0.190. The van der Waals surface area contributed by atoms with Crippen molar-refractivity contribution in [1.29, 1.82) is 0 Å². The number of nitro groups is 1. The molecule has 8 heteroatoms. The Morgan fingerprint density at radius 1 is 1.24 bits per heavy atom. The number of nitrogens with zero attached hydrogens (tertiary/aromatic N) is 3. The van der Waals surface area contributed by atoms with Crippen molar-refractivity contribution in [2.24, 2.45) is 11.0 Å². The van der Waals surface area contributed by atoms with Gasteiger partial charge in [-0.25, -0.2) is 5.43 Å². The summed E-state index contributed by atoms with van der Waals surface area (Å²) >= 11 is 0. The van der Waals surface area contributed by atoms with Crippen LogP contribution in [0.2, 0.25) is 0 Å². The normalized spacial score (nSPS) is 11.1. The second-order valence-corrected chi connectivity index (χ2v) is 7.01. The number of aromatic nitrogens is 2. The van der Waals surface area contributed by atoms with E-state index in [1.54, 1.807) is 18.2 Å². The Kier molecular flexibility index (Phi) is 6.13. The van der Waals surface area contributed by atoms with Gasteiger partial charge in [0, 0.05) is 23.3 Å². The molecule has 148 valence electrons. The lowest BCUT2D eigenvalue weighted by molar-refractivity contribution is -0.384. The second kappa shape index (κ2) is 8.92. The van der Waals surface area contributed by atoms with E-state index in [1.165, 1.54) is 23.9 Å². The first-order valence-electron chi connectivity index (χ1n) is 9.15. The van der Waals surface area contributed by atoms with Crippen molar-refractivity contribution in [3.05, 3.63) is 81.5 Å². The molecule has 3 rings (SSSR count). The minimum Gasteiger partial charge on any atom is -0.272 e. The highest BCUT2D eigenvalue weighted by molar-refractivity contribution is 5.94. The van der Waals surface area contributed by atoms with Crippen molar-refractivity contribution in [2.75, 3.05) is 0 Å². The molecule has 0 atom stereocenters. The van der Waals surface area contributed by atoms with Gasteiger partial charge in [0.25, 0.3) is 11.6 Å². The van der Waals surface area contributed by atoms with Crippen molar-refractivity contribution in [2.45, 2.75) is 20.3 Å². The van der Waals surface area contributed by atoms with E-state index in [0.717, 1.165) is 12.0 Å². The Labute approximate surface area is 167 Å². The summed E-state index contributed by atoms with van der Waals surface area (Å²) in [7, 11) is 0. The van der Waals surface area contributed by atoms with Gasteiger partial charge in [0.2, 0.25) is 0 Å². The van der Waals surface area contributed by atoms with Crippen molar-refractivity contribution < 1.29 is 9.72 Å². The van der Waals surface area contributed by atoms with Crippen LogP contribution in [0.15, 0.2) is 59.7 Å². The number of hydrazone groups is 1. The van der Waals surface area contributed by atoms with Crippen LogP contribution in [0.5, 0.6) is 0 Å². The maximum absolute atomic E-state index is 12.2. The maximum Gasteiger partial charge on any atom is 0.289 e. The van der Waals surface area contributed by atoms with Gasteiger partial charge in [-0.15, -0.1) is 0 Å². The van der Waals surface area contributed by atoms with Gasteiger partial charge >= 0.3 is 0 Å². The Bertz CT molecular complexity index is 1040. The number of nitrogens with one attached hydrogen (secondary N) is 2. The maximum atomic E-state index is 12.2. The fourth-order valence-corrected chi connectivity index (χ4v) is 2.81. The molecule has 0 aliphatic carbocycles. The predicted octanol–water partition coefficient (Wildman–Crippen LogP) is 3.95. The third-order valence-electron chi connectivity index (χ3n) is 4.18. The lowest BCUT2D eigenvalue weighted by Gasteiger charge is -2.05. The Balaban J connectivity index is 1.63. The van der Waals surface area contributed by atoms with E-state index in [0.29, 0.717) is 17.2 Å². The molecule has 0 saturated carbocycles. The zero-order chi connectivity index (χ0) is 20.8. The molecule has 29 heavy (non-hydrogen) atoms. The molecule has 1 heterocycles. The number of hydrogen-bond acceptors (Lipinski definition) is 5. The number of amides is 1. The van der Waals surface area contributed by atoms with Crippen LogP contribution in [0.4, 0.5) is 5.69 Å². The first-order valence-corrected chi connectivity index (χ1v) is 9.15. The molecule has 0 bridgehead atoms. The van der Waals surface area contributed by atoms with Gasteiger partial charge < -0.3 is 0 Å². The summed E-state index contributed by atoms with van der Waals surface area (Å²) in [5, 5.41) is 21.5. The summed E-state index contributed by atoms with van der Waals surface area (Å²) in [4.78, 5) is 22.5. The van der Waals surface area contributed by atoms with Crippen LogP contribution >= 0.6 is 0 Å². The van der Waals surface area contributed by atoms with Gasteiger partial charge in [-0.1, -0.05) is 50.2 Å². The van der Waals surface area contributed by atoms with Crippen LogP contribution in [-0.2, 0) is 6.42 Å². The highest BCUT2D eigenvalue weighted by Crippen LogP contribution is 2.19. The zero-order valence-corrected chi connectivity index (χ0v) is 16.1. The average molecular weight is 391 g/mol. The minimum absolute atomic E-state index is 0.0436. The molecular formula is C21H21N5O3. The lowest BCUT2D eigenvalue weighted by Crippen LogP contribution is -2.18. The summed E-state index contributed by atoms with van der Waals surface area (Å²) in [6.07, 6.45) is 2.35. The molecule has 0 radical (unpaired) electrons. The summed E-state index contributed by atoms with van der Waals surface area (Å²) in [5.41, 5.74) is 5.94. The quantitative estimate of drug-likeness (QED) is 0.361. The Hall–Kier alpha value is -3.81. The molecule has 1 aromatic heterocycles.